The fourth-order valence-corrected chi connectivity index (χ4v) is 3.86. The first-order valence-electron chi connectivity index (χ1n) is 10.1. The van der Waals surface area contributed by atoms with Gasteiger partial charge in [0.15, 0.2) is 0 Å². The van der Waals surface area contributed by atoms with Gasteiger partial charge in [0.2, 0.25) is 0 Å². The maximum absolute atomic E-state index is 12.6. The summed E-state index contributed by atoms with van der Waals surface area (Å²) in [6.07, 6.45) is 2.58. The number of carbonyl (C=O) groups is 2. The van der Waals surface area contributed by atoms with Crippen LogP contribution in [0, 0.1) is 0 Å². The minimum Gasteiger partial charge on any atom is -0.468 e. The second-order valence-corrected chi connectivity index (χ2v) is 7.43. The highest BCUT2D eigenvalue weighted by Crippen LogP contribution is 2.28. The molecule has 30 heavy (non-hydrogen) atoms. The van der Waals surface area contributed by atoms with Crippen LogP contribution in [0.4, 0.5) is 5.69 Å². The average molecular weight is 403 g/mol. The van der Waals surface area contributed by atoms with Gasteiger partial charge in [-0.15, -0.1) is 0 Å². The van der Waals surface area contributed by atoms with Gasteiger partial charge >= 0.3 is 11.8 Å². The lowest BCUT2D eigenvalue weighted by atomic mass is 9.98. The Bertz CT molecular complexity index is 1000. The molecule has 1 aromatic heterocycles. The zero-order chi connectivity index (χ0) is 20.9. The molecule has 4 rings (SSSR count). The van der Waals surface area contributed by atoms with E-state index >= 15 is 0 Å². The number of rotatable bonds is 5. The van der Waals surface area contributed by atoms with Gasteiger partial charge in [-0.05, 0) is 41.8 Å². The van der Waals surface area contributed by atoms with Crippen molar-refractivity contribution in [3.05, 3.63) is 89.9 Å². The van der Waals surface area contributed by atoms with Gasteiger partial charge in [0.1, 0.15) is 5.76 Å². The fourth-order valence-electron chi connectivity index (χ4n) is 3.86. The third-order valence-electron chi connectivity index (χ3n) is 5.57. The van der Waals surface area contributed by atoms with Crippen molar-refractivity contribution in [2.45, 2.75) is 19.0 Å². The van der Waals surface area contributed by atoms with Crippen LogP contribution < -0.4 is 10.2 Å². The molecule has 1 N–H and O–H groups in total. The van der Waals surface area contributed by atoms with Gasteiger partial charge in [-0.3, -0.25) is 14.5 Å². The number of amides is 2. The first-order chi connectivity index (χ1) is 14.6. The van der Waals surface area contributed by atoms with Crippen LogP contribution in [-0.4, -0.2) is 36.9 Å². The molecule has 154 valence electrons. The Labute approximate surface area is 176 Å². The molecule has 0 saturated heterocycles. The Morgan fingerprint density at radius 1 is 1.03 bits per heavy atom. The zero-order valence-corrected chi connectivity index (χ0v) is 17.0. The molecule has 6 nitrogen and oxygen atoms in total. The van der Waals surface area contributed by atoms with E-state index in [9.17, 15) is 9.59 Å². The van der Waals surface area contributed by atoms with E-state index in [0.29, 0.717) is 12.2 Å². The fraction of sp³-hybridized carbons (Fsp3) is 0.250. The number of nitrogens with one attached hydrogen (secondary N) is 1. The lowest BCUT2D eigenvalue weighted by Gasteiger charge is -2.34. The molecule has 1 aliphatic rings. The normalized spacial score (nSPS) is 14.6. The Morgan fingerprint density at radius 2 is 1.77 bits per heavy atom. The van der Waals surface area contributed by atoms with Crippen molar-refractivity contribution in [2.75, 3.05) is 25.0 Å². The van der Waals surface area contributed by atoms with Crippen molar-refractivity contribution >= 4 is 17.5 Å². The molecule has 0 bridgehead atoms. The Kier molecular flexibility index (Phi) is 5.95. The number of hydrogen-bond acceptors (Lipinski definition) is 4. The Balaban J connectivity index is 1.44. The van der Waals surface area contributed by atoms with Crippen LogP contribution >= 0.6 is 0 Å². The number of benzene rings is 2. The first kappa shape index (κ1) is 19.9. The molecule has 6 heteroatoms. The highest BCUT2D eigenvalue weighted by atomic mass is 16.3. The van der Waals surface area contributed by atoms with Gasteiger partial charge in [-0.2, -0.15) is 0 Å². The van der Waals surface area contributed by atoms with Crippen LogP contribution in [0.1, 0.15) is 22.9 Å². The van der Waals surface area contributed by atoms with E-state index in [1.807, 2.05) is 36.4 Å². The maximum Gasteiger partial charge on any atom is 0.316 e. The highest BCUT2D eigenvalue weighted by molar-refractivity contribution is 6.40. The Hall–Kier alpha value is -3.38. The van der Waals surface area contributed by atoms with Crippen LogP contribution in [0.15, 0.2) is 77.4 Å². The van der Waals surface area contributed by atoms with Crippen LogP contribution in [0.5, 0.6) is 0 Å². The predicted molar refractivity (Wildman–Crippen MR) is 115 cm³/mol. The number of para-hydroxylation sites is 1. The Morgan fingerprint density at radius 3 is 2.50 bits per heavy atom. The van der Waals surface area contributed by atoms with Crippen LogP contribution in [0.2, 0.25) is 0 Å². The quantitative estimate of drug-likeness (QED) is 0.665. The minimum atomic E-state index is -0.629. The van der Waals surface area contributed by atoms with Crippen molar-refractivity contribution in [2.24, 2.45) is 0 Å². The molecule has 0 fully saturated rings. The van der Waals surface area contributed by atoms with Gasteiger partial charge in [0.05, 0.1) is 12.3 Å². The molecular weight excluding hydrogens is 378 g/mol. The predicted octanol–water partition coefficient (Wildman–Crippen LogP) is 3.16. The van der Waals surface area contributed by atoms with Crippen molar-refractivity contribution in [1.82, 2.24) is 10.2 Å². The molecule has 0 unspecified atom stereocenters. The topological polar surface area (TPSA) is 65.8 Å². The molecular formula is C24H25N3O3. The first-order valence-corrected chi connectivity index (χ1v) is 10.1. The van der Waals surface area contributed by atoms with Gasteiger partial charge < -0.3 is 14.6 Å². The summed E-state index contributed by atoms with van der Waals surface area (Å²) in [4.78, 5) is 28.8. The third kappa shape index (κ3) is 4.28. The second-order valence-electron chi connectivity index (χ2n) is 7.43. The van der Waals surface area contributed by atoms with E-state index in [1.54, 1.807) is 25.4 Å². The molecule has 3 aromatic rings. The summed E-state index contributed by atoms with van der Waals surface area (Å²) in [6.45, 7) is 1.92. The summed E-state index contributed by atoms with van der Waals surface area (Å²) in [5.74, 6) is -0.447. The van der Waals surface area contributed by atoms with Crippen molar-refractivity contribution < 1.29 is 14.0 Å². The number of nitrogens with zero attached hydrogens (tertiary/aromatic N) is 2. The standard InChI is InChI=1S/C24H25N3O3/c1-26(20-10-3-2-4-11-20)24(29)23(28)25-16-21(22-12-7-15-30-22)27-14-13-18-8-5-6-9-19(18)17-27/h2-12,15,21H,13-14,16-17H2,1H3,(H,25,28)/t21-/m1/s1. The molecule has 0 radical (unpaired) electrons. The lowest BCUT2D eigenvalue weighted by molar-refractivity contribution is -0.137. The smallest absolute Gasteiger partial charge is 0.316 e. The SMILES string of the molecule is CN(C(=O)C(=O)NC[C@H](c1ccco1)N1CCc2ccccc2C1)c1ccccc1. The third-order valence-corrected chi connectivity index (χ3v) is 5.57. The van der Waals surface area contributed by atoms with E-state index < -0.39 is 11.8 Å². The van der Waals surface area contributed by atoms with Gasteiger partial charge in [-0.25, -0.2) is 0 Å². The van der Waals surface area contributed by atoms with E-state index in [1.165, 1.54) is 16.0 Å². The average Bonchev–Trinajstić information content (AvgIpc) is 3.33. The molecule has 2 amide bonds. The number of carbonyl (C=O) groups excluding carboxylic acids is 2. The number of fused-ring (bicyclic) bond motifs is 1. The van der Waals surface area contributed by atoms with Gasteiger partial charge in [0.25, 0.3) is 0 Å². The van der Waals surface area contributed by atoms with Gasteiger partial charge in [-0.1, -0.05) is 42.5 Å². The zero-order valence-electron chi connectivity index (χ0n) is 17.0. The van der Waals surface area contributed by atoms with Gasteiger partial charge in [0, 0.05) is 32.4 Å². The molecule has 0 saturated carbocycles. The number of furan rings is 1. The molecule has 2 heterocycles. The van der Waals surface area contributed by atoms with E-state index in [4.69, 9.17) is 4.42 Å². The molecule has 0 aliphatic carbocycles. The molecule has 1 atom stereocenters. The highest BCUT2D eigenvalue weighted by Gasteiger charge is 2.28. The molecule has 0 spiro atoms. The number of likely N-dealkylation sites (N-methyl/N-ethyl adjacent to an activating group) is 1. The van der Waals surface area contributed by atoms with E-state index in [2.05, 4.69) is 28.4 Å². The summed E-state index contributed by atoms with van der Waals surface area (Å²) < 4.78 is 5.66. The molecule has 1 aliphatic heterocycles. The van der Waals surface area contributed by atoms with Crippen LogP contribution in [0.25, 0.3) is 0 Å². The summed E-state index contributed by atoms with van der Waals surface area (Å²) >= 11 is 0. The van der Waals surface area contributed by atoms with Crippen LogP contribution in [-0.2, 0) is 22.6 Å². The van der Waals surface area contributed by atoms with E-state index in [0.717, 1.165) is 25.3 Å². The van der Waals surface area contributed by atoms with E-state index in [-0.39, 0.29) is 6.04 Å². The van der Waals surface area contributed by atoms with Crippen molar-refractivity contribution in [1.29, 1.82) is 0 Å². The van der Waals surface area contributed by atoms with Crippen molar-refractivity contribution in [3.63, 3.8) is 0 Å². The summed E-state index contributed by atoms with van der Waals surface area (Å²) in [6, 6.07) is 21.1. The lowest BCUT2D eigenvalue weighted by Crippen LogP contribution is -2.45. The summed E-state index contributed by atoms with van der Waals surface area (Å²) in [5, 5.41) is 2.81. The number of hydrogen-bond donors (Lipinski definition) is 1. The minimum absolute atomic E-state index is 0.146. The summed E-state index contributed by atoms with van der Waals surface area (Å²) in [7, 11) is 1.60. The maximum atomic E-state index is 12.6. The summed E-state index contributed by atoms with van der Waals surface area (Å²) in [5.41, 5.74) is 3.31. The monoisotopic (exact) mass is 403 g/mol. The van der Waals surface area contributed by atoms with Crippen molar-refractivity contribution in [3.8, 4) is 0 Å². The van der Waals surface area contributed by atoms with Crippen LogP contribution in [0.3, 0.4) is 0 Å². The molecule has 2 aromatic carbocycles. The number of anilines is 1. The second kappa shape index (κ2) is 8.97. The largest absolute Gasteiger partial charge is 0.468 e.